The maximum Gasteiger partial charge on any atom is 0.219 e. The number of pyridine rings is 1. The molecule has 0 aliphatic heterocycles. The first-order valence-corrected chi connectivity index (χ1v) is 19.4. The van der Waals surface area contributed by atoms with Gasteiger partial charge in [-0.05, 0) is 96.5 Å². The summed E-state index contributed by atoms with van der Waals surface area (Å²) in [5.41, 5.74) is 3.29. The van der Waals surface area contributed by atoms with E-state index >= 15 is 0 Å². The molecule has 1 N–H and O–H groups in total. The van der Waals surface area contributed by atoms with Gasteiger partial charge in [-0.1, -0.05) is 43.9 Å². The molecule has 2 aliphatic rings. The molecular formula is C35H43N3O4Si. The molecule has 0 spiro atoms. The van der Waals surface area contributed by atoms with Gasteiger partial charge in [-0.3, -0.25) is 4.79 Å². The van der Waals surface area contributed by atoms with E-state index in [1.165, 1.54) is 23.8 Å². The number of carbonyl (C=O) groups is 1. The smallest absolute Gasteiger partial charge is 0.219 e. The Bertz CT molecular complexity index is 1550. The fourth-order valence-electron chi connectivity index (χ4n) is 7.04. The summed E-state index contributed by atoms with van der Waals surface area (Å²) in [7, 11) is -1.12. The number of nitrogens with zero attached hydrogens (tertiary/aromatic N) is 3. The van der Waals surface area contributed by atoms with Crippen LogP contribution in [0.2, 0.25) is 25.7 Å². The Morgan fingerprint density at radius 1 is 1.00 bits per heavy atom. The summed E-state index contributed by atoms with van der Waals surface area (Å²) in [6.07, 6.45) is 8.98. The molecular weight excluding hydrogens is 554 g/mol. The van der Waals surface area contributed by atoms with Gasteiger partial charge in [-0.15, -0.1) is 0 Å². The van der Waals surface area contributed by atoms with E-state index in [0.29, 0.717) is 30.4 Å². The van der Waals surface area contributed by atoms with Crippen molar-refractivity contribution in [3.8, 4) is 22.9 Å². The predicted molar refractivity (Wildman–Crippen MR) is 172 cm³/mol. The highest BCUT2D eigenvalue weighted by molar-refractivity contribution is 6.76. The summed E-state index contributed by atoms with van der Waals surface area (Å²) >= 11 is 0. The minimum absolute atomic E-state index is 0.0336. The van der Waals surface area contributed by atoms with Crippen LogP contribution in [0.4, 0.5) is 0 Å². The van der Waals surface area contributed by atoms with Crippen molar-refractivity contribution in [2.75, 3.05) is 13.2 Å². The van der Waals surface area contributed by atoms with Crippen LogP contribution in [0.1, 0.15) is 31.2 Å². The number of Topliss-reactive ketones (excluding diaryl/α,β-unsaturated/α-hetero) is 1. The molecule has 2 aromatic carbocycles. The molecule has 6 rings (SSSR count). The number of aliphatic hydroxyl groups is 1. The van der Waals surface area contributed by atoms with Crippen molar-refractivity contribution in [3.63, 3.8) is 0 Å². The SMILES string of the molecule is C[Si](C)(C)CCOCn1nccc1-c1ccc(Oc2ccc3cc(CC4C5CCC4CC(C(=O)CO)C5)ccc3c2)nc1. The Hall–Kier alpha value is -3.33. The molecule has 8 heteroatoms. The molecule has 2 heterocycles. The lowest BCUT2D eigenvalue weighted by Crippen LogP contribution is -2.32. The predicted octanol–water partition coefficient (Wildman–Crippen LogP) is 7.36. The second-order valence-corrected chi connectivity index (χ2v) is 19.3. The summed E-state index contributed by atoms with van der Waals surface area (Å²) in [6.45, 7) is 7.92. The molecule has 2 aromatic heterocycles. The zero-order valence-corrected chi connectivity index (χ0v) is 26.5. The summed E-state index contributed by atoms with van der Waals surface area (Å²) in [5.74, 6) is 3.22. The van der Waals surface area contributed by atoms with E-state index in [-0.39, 0.29) is 18.3 Å². The zero-order valence-electron chi connectivity index (χ0n) is 25.5. The molecule has 2 aliphatic carbocycles. The van der Waals surface area contributed by atoms with Crippen molar-refractivity contribution >= 4 is 24.6 Å². The molecule has 0 saturated heterocycles. The quantitative estimate of drug-likeness (QED) is 0.136. The summed E-state index contributed by atoms with van der Waals surface area (Å²) in [6, 6.07) is 19.9. The maximum atomic E-state index is 12.1. The summed E-state index contributed by atoms with van der Waals surface area (Å²) in [5, 5.41) is 16.1. The minimum Gasteiger partial charge on any atom is -0.439 e. The number of ether oxygens (including phenoxy) is 2. The molecule has 7 nitrogen and oxygen atoms in total. The van der Waals surface area contributed by atoms with Gasteiger partial charge >= 0.3 is 0 Å². The van der Waals surface area contributed by atoms with E-state index in [1.54, 1.807) is 6.20 Å². The average Bonchev–Trinajstić information content (AvgIpc) is 3.54. The first-order chi connectivity index (χ1) is 20.8. The Morgan fingerprint density at radius 2 is 1.77 bits per heavy atom. The van der Waals surface area contributed by atoms with Gasteiger partial charge in [0.15, 0.2) is 5.78 Å². The second kappa shape index (κ2) is 12.7. The van der Waals surface area contributed by atoms with Gasteiger partial charge < -0.3 is 14.6 Å². The fourth-order valence-corrected chi connectivity index (χ4v) is 7.79. The maximum absolute atomic E-state index is 12.1. The lowest BCUT2D eigenvalue weighted by Gasteiger charge is -2.34. The van der Waals surface area contributed by atoms with Crippen LogP contribution in [0, 0.1) is 23.7 Å². The molecule has 2 fully saturated rings. The molecule has 226 valence electrons. The van der Waals surface area contributed by atoms with E-state index in [9.17, 15) is 9.90 Å². The molecule has 2 saturated carbocycles. The largest absolute Gasteiger partial charge is 0.439 e. The van der Waals surface area contributed by atoms with Gasteiger partial charge in [0, 0.05) is 44.6 Å². The number of carbonyl (C=O) groups excluding carboxylic acids is 1. The minimum atomic E-state index is -1.12. The number of hydrogen-bond acceptors (Lipinski definition) is 6. The molecule has 2 unspecified atom stereocenters. The van der Waals surface area contributed by atoms with Crippen LogP contribution in [0.25, 0.3) is 22.0 Å². The number of benzene rings is 2. The van der Waals surface area contributed by atoms with E-state index < -0.39 is 8.07 Å². The van der Waals surface area contributed by atoms with E-state index in [2.05, 4.69) is 60.1 Å². The third-order valence-corrected chi connectivity index (χ3v) is 11.1. The molecule has 4 aromatic rings. The molecule has 0 radical (unpaired) electrons. The normalized spacial score (nSPS) is 21.8. The van der Waals surface area contributed by atoms with E-state index in [1.807, 2.05) is 35.1 Å². The van der Waals surface area contributed by atoms with Crippen LogP contribution < -0.4 is 4.74 Å². The topological polar surface area (TPSA) is 86.5 Å². The molecule has 43 heavy (non-hydrogen) atoms. The average molecular weight is 598 g/mol. The summed E-state index contributed by atoms with van der Waals surface area (Å²) in [4.78, 5) is 16.7. The Balaban J connectivity index is 1.07. The Morgan fingerprint density at radius 3 is 2.49 bits per heavy atom. The highest BCUT2D eigenvalue weighted by Gasteiger charge is 2.44. The van der Waals surface area contributed by atoms with Crippen molar-refractivity contribution in [1.29, 1.82) is 0 Å². The van der Waals surface area contributed by atoms with Crippen LogP contribution in [0.5, 0.6) is 11.6 Å². The Labute approximate surface area is 255 Å². The summed E-state index contributed by atoms with van der Waals surface area (Å²) < 4.78 is 13.9. The van der Waals surface area contributed by atoms with Gasteiger partial charge in [0.05, 0.1) is 5.69 Å². The first-order valence-electron chi connectivity index (χ1n) is 15.7. The third-order valence-electron chi connectivity index (χ3n) is 9.43. The Kier molecular flexibility index (Phi) is 8.79. The second-order valence-electron chi connectivity index (χ2n) is 13.7. The van der Waals surface area contributed by atoms with Crippen LogP contribution in [0.15, 0.2) is 67.0 Å². The third kappa shape index (κ3) is 7.08. The molecule has 0 amide bonds. The number of aromatic nitrogens is 3. The van der Waals surface area contributed by atoms with Crippen LogP contribution in [0.3, 0.4) is 0 Å². The van der Waals surface area contributed by atoms with Crippen molar-refractivity contribution in [1.82, 2.24) is 14.8 Å². The van der Waals surface area contributed by atoms with Crippen molar-refractivity contribution < 1.29 is 19.4 Å². The number of rotatable bonds is 12. The van der Waals surface area contributed by atoms with Crippen molar-refractivity contribution in [2.45, 2.75) is 64.5 Å². The molecule has 2 bridgehead atoms. The standard InChI is InChI=1S/C35H43N3O4Si/c1-43(2,3)15-14-41-23-38-33(12-13-37-38)29-9-11-35(36-21-29)42-31-10-8-25-16-24(4-5-26(25)20-31)17-32-27-6-7-28(32)19-30(18-27)34(40)22-39/h4-5,8-13,16,20-21,27-28,30,32,39H,6-7,14-15,17-19,22-23H2,1-3H3. The number of hydrogen-bond donors (Lipinski definition) is 1. The first kappa shape index (κ1) is 29.7. The van der Waals surface area contributed by atoms with Crippen LogP contribution in [-0.4, -0.2) is 46.9 Å². The fraction of sp³-hybridized carbons (Fsp3) is 0.457. The van der Waals surface area contributed by atoms with Crippen LogP contribution >= 0.6 is 0 Å². The van der Waals surface area contributed by atoms with E-state index in [0.717, 1.165) is 54.3 Å². The number of fused-ring (bicyclic) bond motifs is 3. The van der Waals surface area contributed by atoms with Gasteiger partial charge in [0.25, 0.3) is 0 Å². The van der Waals surface area contributed by atoms with Crippen LogP contribution in [-0.2, 0) is 22.7 Å². The van der Waals surface area contributed by atoms with Crippen molar-refractivity contribution in [2.24, 2.45) is 23.7 Å². The van der Waals surface area contributed by atoms with Gasteiger partial charge in [-0.25, -0.2) is 9.67 Å². The van der Waals surface area contributed by atoms with Gasteiger partial charge in [0.1, 0.15) is 19.1 Å². The highest BCUT2D eigenvalue weighted by Crippen LogP contribution is 2.50. The number of aliphatic hydroxyl groups excluding tert-OH is 1. The monoisotopic (exact) mass is 597 g/mol. The molecule has 2 atom stereocenters. The lowest BCUT2D eigenvalue weighted by molar-refractivity contribution is -0.127. The number of ketones is 1. The van der Waals surface area contributed by atoms with Gasteiger partial charge in [-0.2, -0.15) is 5.10 Å². The van der Waals surface area contributed by atoms with E-state index in [4.69, 9.17) is 9.47 Å². The zero-order chi connectivity index (χ0) is 30.0. The van der Waals surface area contributed by atoms with Gasteiger partial charge in [0.2, 0.25) is 5.88 Å². The highest BCUT2D eigenvalue weighted by atomic mass is 28.3. The lowest BCUT2D eigenvalue weighted by atomic mass is 9.70. The van der Waals surface area contributed by atoms with Crippen molar-refractivity contribution in [3.05, 3.63) is 72.6 Å².